The van der Waals surface area contributed by atoms with E-state index in [-0.39, 0.29) is 11.7 Å². The molecule has 7 heteroatoms. The summed E-state index contributed by atoms with van der Waals surface area (Å²) in [6, 6.07) is 6.24. The van der Waals surface area contributed by atoms with Crippen molar-refractivity contribution in [3.8, 4) is 0 Å². The number of nitrogens with zero attached hydrogens (tertiary/aromatic N) is 2. The van der Waals surface area contributed by atoms with Crippen LogP contribution in [0.5, 0.6) is 0 Å². The van der Waals surface area contributed by atoms with Gasteiger partial charge in [-0.3, -0.25) is 10.1 Å². The Bertz CT molecular complexity index is 394. The van der Waals surface area contributed by atoms with Gasteiger partial charge >= 0.3 is 0 Å². The minimum Gasteiger partial charge on any atom is -0.468 e. The molecule has 0 fully saturated rings. The summed E-state index contributed by atoms with van der Waals surface area (Å²) in [5.74, 6) is 0. The molecule has 1 aromatic rings. The lowest BCUT2D eigenvalue weighted by atomic mass is 10.3. The Morgan fingerprint density at radius 2 is 2.27 bits per heavy atom. The van der Waals surface area contributed by atoms with Crippen molar-refractivity contribution < 1.29 is 9.66 Å². The van der Waals surface area contributed by atoms with Crippen LogP contribution >= 0.6 is 11.9 Å². The fourth-order valence-electron chi connectivity index (χ4n) is 0.817. The van der Waals surface area contributed by atoms with Crippen molar-refractivity contribution in [3.05, 3.63) is 34.4 Å². The predicted octanol–water partition coefficient (Wildman–Crippen LogP) is 1.56. The van der Waals surface area contributed by atoms with E-state index < -0.39 is 4.92 Å². The molecule has 0 saturated heterocycles. The Morgan fingerprint density at radius 3 is 2.87 bits per heavy atom. The van der Waals surface area contributed by atoms with Gasteiger partial charge in [0.25, 0.3) is 11.7 Å². The zero-order valence-corrected chi connectivity index (χ0v) is 8.73. The van der Waals surface area contributed by atoms with Crippen LogP contribution in [0.1, 0.15) is 0 Å². The second-order valence-electron chi connectivity index (χ2n) is 2.45. The minimum absolute atomic E-state index is 0.00449. The number of nitro benzene ring substituents is 1. The summed E-state index contributed by atoms with van der Waals surface area (Å²) >= 11 is 0.904. The van der Waals surface area contributed by atoms with Gasteiger partial charge in [0.15, 0.2) is 0 Å². The average Bonchev–Trinajstić information content (AvgIpc) is 2.26. The highest BCUT2D eigenvalue weighted by atomic mass is 32.2. The summed E-state index contributed by atoms with van der Waals surface area (Å²) in [7, 11) is 1.37. The van der Waals surface area contributed by atoms with Gasteiger partial charge in [-0.1, -0.05) is 12.1 Å². The van der Waals surface area contributed by atoms with Crippen LogP contribution in [-0.2, 0) is 4.74 Å². The van der Waals surface area contributed by atoms with E-state index in [9.17, 15) is 10.1 Å². The summed E-state index contributed by atoms with van der Waals surface area (Å²) in [6.07, 6.45) is 0. The Hall–Kier alpha value is -1.76. The number of nitrogens with two attached hydrogens (primary N) is 1. The van der Waals surface area contributed by atoms with Gasteiger partial charge in [-0.25, -0.2) is 0 Å². The highest BCUT2D eigenvalue weighted by Crippen LogP contribution is 2.29. The molecule has 15 heavy (non-hydrogen) atoms. The number of para-hydroxylation sites is 1. The van der Waals surface area contributed by atoms with Crippen LogP contribution in [0.2, 0.25) is 0 Å². The highest BCUT2D eigenvalue weighted by Gasteiger charge is 2.12. The lowest BCUT2D eigenvalue weighted by molar-refractivity contribution is -0.387. The molecule has 0 bridgehead atoms. The van der Waals surface area contributed by atoms with Crippen LogP contribution in [0.4, 0.5) is 5.69 Å². The molecule has 0 atom stereocenters. The van der Waals surface area contributed by atoms with Crippen molar-refractivity contribution in [2.45, 2.75) is 4.90 Å². The molecule has 0 aromatic heterocycles. The molecule has 0 spiro atoms. The van der Waals surface area contributed by atoms with Gasteiger partial charge in [0, 0.05) is 18.0 Å². The molecule has 0 aliphatic rings. The van der Waals surface area contributed by atoms with Crippen LogP contribution < -0.4 is 5.73 Å². The van der Waals surface area contributed by atoms with Gasteiger partial charge in [0.05, 0.1) is 12.0 Å². The summed E-state index contributed by atoms with van der Waals surface area (Å²) in [6.45, 7) is 0. The van der Waals surface area contributed by atoms with Crippen LogP contribution in [0.3, 0.4) is 0 Å². The molecular weight excluding hydrogens is 218 g/mol. The molecule has 0 heterocycles. The van der Waals surface area contributed by atoms with Crippen molar-refractivity contribution >= 4 is 23.7 Å². The third-order valence-corrected chi connectivity index (χ3v) is 2.32. The largest absolute Gasteiger partial charge is 0.468 e. The summed E-state index contributed by atoms with van der Waals surface area (Å²) in [5.41, 5.74) is 5.28. The van der Waals surface area contributed by atoms with Crippen molar-refractivity contribution in [3.63, 3.8) is 0 Å². The van der Waals surface area contributed by atoms with Gasteiger partial charge in [-0.05, 0) is 6.07 Å². The van der Waals surface area contributed by atoms with E-state index in [0.717, 1.165) is 11.9 Å². The van der Waals surface area contributed by atoms with E-state index in [4.69, 9.17) is 5.73 Å². The maximum absolute atomic E-state index is 10.6. The van der Waals surface area contributed by atoms with E-state index in [0.29, 0.717) is 4.90 Å². The molecule has 0 aliphatic carbocycles. The standard InChI is InChI=1S/C8H9N3O3S/c1-14-8(9)10-15-7-5-3-2-4-6(7)11(12)13/h2-5H,1H3,(H2,9,10). The van der Waals surface area contributed by atoms with Crippen molar-refractivity contribution in [1.29, 1.82) is 0 Å². The second-order valence-corrected chi connectivity index (χ2v) is 3.25. The number of hydrogen-bond acceptors (Lipinski definition) is 5. The first kappa shape index (κ1) is 11.3. The summed E-state index contributed by atoms with van der Waals surface area (Å²) in [4.78, 5) is 10.6. The average molecular weight is 227 g/mol. The molecule has 0 saturated carbocycles. The monoisotopic (exact) mass is 227 g/mol. The number of nitro groups is 1. The third kappa shape index (κ3) is 3.13. The van der Waals surface area contributed by atoms with Crippen LogP contribution in [0, 0.1) is 10.1 Å². The van der Waals surface area contributed by atoms with E-state index >= 15 is 0 Å². The first-order valence-corrected chi connectivity index (χ1v) is 4.70. The molecule has 2 N–H and O–H groups in total. The number of amidine groups is 1. The van der Waals surface area contributed by atoms with E-state index in [1.807, 2.05) is 0 Å². The summed E-state index contributed by atoms with van der Waals surface area (Å²) in [5, 5.41) is 10.6. The van der Waals surface area contributed by atoms with Crippen LogP contribution in [-0.4, -0.2) is 18.1 Å². The minimum atomic E-state index is -0.471. The smallest absolute Gasteiger partial charge is 0.293 e. The highest BCUT2D eigenvalue weighted by molar-refractivity contribution is 7.98. The number of benzene rings is 1. The predicted molar refractivity (Wildman–Crippen MR) is 57.6 cm³/mol. The van der Waals surface area contributed by atoms with Crippen molar-refractivity contribution in [2.24, 2.45) is 10.1 Å². The maximum Gasteiger partial charge on any atom is 0.293 e. The Morgan fingerprint density at radius 1 is 1.60 bits per heavy atom. The first-order valence-electron chi connectivity index (χ1n) is 3.93. The molecule has 1 aromatic carbocycles. The number of hydrogen-bond donors (Lipinski definition) is 1. The second kappa shape index (κ2) is 5.20. The maximum atomic E-state index is 10.6. The van der Waals surface area contributed by atoms with Gasteiger partial charge in [-0.2, -0.15) is 4.40 Å². The lowest BCUT2D eigenvalue weighted by Crippen LogP contribution is -2.12. The zero-order valence-electron chi connectivity index (χ0n) is 7.91. The van der Waals surface area contributed by atoms with E-state index in [2.05, 4.69) is 9.13 Å². The molecule has 1 rings (SSSR count). The first-order chi connectivity index (χ1) is 7.15. The fourth-order valence-corrected chi connectivity index (χ4v) is 1.46. The van der Waals surface area contributed by atoms with Crippen molar-refractivity contribution in [2.75, 3.05) is 7.11 Å². The van der Waals surface area contributed by atoms with Gasteiger partial charge in [-0.15, -0.1) is 0 Å². The van der Waals surface area contributed by atoms with Gasteiger partial charge in [0.1, 0.15) is 4.90 Å². The molecule has 0 unspecified atom stereocenters. The van der Waals surface area contributed by atoms with Crippen LogP contribution in [0.25, 0.3) is 0 Å². The van der Waals surface area contributed by atoms with Gasteiger partial charge in [0.2, 0.25) is 0 Å². The Kier molecular flexibility index (Phi) is 3.92. The van der Waals surface area contributed by atoms with E-state index in [1.54, 1.807) is 18.2 Å². The molecule has 6 nitrogen and oxygen atoms in total. The molecule has 0 aliphatic heterocycles. The fraction of sp³-hybridized carbons (Fsp3) is 0.125. The normalized spacial score (nSPS) is 11.1. The number of rotatable bonds is 3. The van der Waals surface area contributed by atoms with Gasteiger partial charge < -0.3 is 10.5 Å². The molecule has 0 amide bonds. The van der Waals surface area contributed by atoms with Crippen molar-refractivity contribution in [1.82, 2.24) is 0 Å². The number of methoxy groups -OCH3 is 1. The number of ether oxygens (including phenoxy) is 1. The topological polar surface area (TPSA) is 90.8 Å². The Balaban J connectivity index is 2.90. The lowest BCUT2D eigenvalue weighted by Gasteiger charge is -1.99. The quantitative estimate of drug-likeness (QED) is 0.278. The third-order valence-electron chi connectivity index (χ3n) is 1.51. The Labute approximate surface area is 90.4 Å². The van der Waals surface area contributed by atoms with E-state index in [1.165, 1.54) is 13.2 Å². The molecular formula is C8H9N3O3S. The SMILES string of the molecule is CO/C(N)=N/Sc1ccccc1[N+](=O)[O-]. The molecule has 0 radical (unpaired) electrons. The van der Waals surface area contributed by atoms with Crippen LogP contribution in [0.15, 0.2) is 33.6 Å². The zero-order chi connectivity index (χ0) is 11.3. The summed E-state index contributed by atoms with van der Waals surface area (Å²) < 4.78 is 8.35. The molecule has 80 valence electrons.